The van der Waals surface area contributed by atoms with E-state index in [1.54, 1.807) is 0 Å². The van der Waals surface area contributed by atoms with Gasteiger partial charge in [-0.1, -0.05) is 22.6 Å². The van der Waals surface area contributed by atoms with Gasteiger partial charge in [-0.3, -0.25) is 4.79 Å². The van der Waals surface area contributed by atoms with Crippen molar-refractivity contribution in [1.82, 2.24) is 0 Å². The molecule has 0 aromatic carbocycles. The molecule has 0 saturated carbocycles. The second-order valence-electron chi connectivity index (χ2n) is 2.15. The highest BCUT2D eigenvalue weighted by Crippen LogP contribution is 2.03. The fourth-order valence-electron chi connectivity index (χ4n) is 0.473. The minimum atomic E-state index is -0.220. The number of rotatable bonds is 4. The summed E-state index contributed by atoms with van der Waals surface area (Å²) in [7, 11) is 0. The maximum atomic E-state index is 10.3. The van der Waals surface area contributed by atoms with E-state index in [0.29, 0.717) is 6.61 Å². The Kier molecular flexibility index (Phi) is 6.06. The molecule has 1 atom stereocenters. The van der Waals surface area contributed by atoms with E-state index < -0.39 is 0 Å². The summed E-state index contributed by atoms with van der Waals surface area (Å²) >= 11 is 2.28. The third kappa shape index (κ3) is 6.32. The van der Waals surface area contributed by atoms with Gasteiger partial charge in [-0.05, 0) is 23.7 Å². The molecule has 3 heteroatoms. The number of hydrogen-bond donors (Lipinski definition) is 0. The fourth-order valence-corrected chi connectivity index (χ4v) is 1.35. The molecule has 59 valence electrons. The Labute approximate surface area is 75.5 Å². The minimum Gasteiger partial charge on any atom is -0.466 e. The number of ether oxygens (including phenoxy) is 1. The average Bonchev–Trinajstić information content (AvgIpc) is 1.85. The van der Waals surface area contributed by atoms with Gasteiger partial charge in [-0.25, -0.2) is 0 Å². The minimum absolute atomic E-state index is 0.220. The third-order valence-corrected chi connectivity index (χ3v) is 1.66. The molecule has 0 aliphatic heterocycles. The lowest BCUT2D eigenvalue weighted by Crippen LogP contribution is -2.09. The Morgan fingerprint density at radius 1 is 1.80 bits per heavy atom. The first-order chi connectivity index (χ1) is 4.66. The van der Waals surface area contributed by atoms with Crippen molar-refractivity contribution < 1.29 is 9.53 Å². The van der Waals surface area contributed by atoms with Crippen LogP contribution >= 0.6 is 22.6 Å². The SMILES string of the molecule is [CH2]C(CCI)COC(C)=O. The van der Waals surface area contributed by atoms with Crippen LogP contribution in [0.3, 0.4) is 0 Å². The van der Waals surface area contributed by atoms with Gasteiger partial charge in [0.2, 0.25) is 0 Å². The van der Waals surface area contributed by atoms with Crippen LogP contribution < -0.4 is 0 Å². The first-order valence-electron chi connectivity index (χ1n) is 3.19. The van der Waals surface area contributed by atoms with E-state index in [-0.39, 0.29) is 11.9 Å². The summed E-state index contributed by atoms with van der Waals surface area (Å²) < 4.78 is 5.81. The Hall–Kier alpha value is 0.200. The predicted molar refractivity (Wildman–Crippen MR) is 49.0 cm³/mol. The molecular formula is C7H12IO2. The molecule has 0 spiro atoms. The van der Waals surface area contributed by atoms with Crippen LogP contribution in [-0.4, -0.2) is 17.0 Å². The van der Waals surface area contributed by atoms with Gasteiger partial charge < -0.3 is 4.74 Å². The van der Waals surface area contributed by atoms with Crippen molar-refractivity contribution >= 4 is 28.6 Å². The lowest BCUT2D eigenvalue weighted by Gasteiger charge is -2.07. The molecule has 10 heavy (non-hydrogen) atoms. The molecule has 0 aromatic heterocycles. The van der Waals surface area contributed by atoms with Crippen LogP contribution in [0.1, 0.15) is 13.3 Å². The van der Waals surface area contributed by atoms with Gasteiger partial charge in [-0.2, -0.15) is 0 Å². The molecule has 1 unspecified atom stereocenters. The molecule has 0 aliphatic carbocycles. The van der Waals surface area contributed by atoms with Gasteiger partial charge in [0.05, 0.1) is 6.61 Å². The smallest absolute Gasteiger partial charge is 0.302 e. The Bertz CT molecular complexity index is 104. The molecule has 2 nitrogen and oxygen atoms in total. The first-order valence-corrected chi connectivity index (χ1v) is 4.71. The summed E-state index contributed by atoms with van der Waals surface area (Å²) in [4.78, 5) is 10.3. The largest absolute Gasteiger partial charge is 0.466 e. The first kappa shape index (κ1) is 10.2. The van der Waals surface area contributed by atoms with Crippen molar-refractivity contribution in [3.8, 4) is 0 Å². The van der Waals surface area contributed by atoms with E-state index in [2.05, 4.69) is 29.5 Å². The second-order valence-corrected chi connectivity index (χ2v) is 3.23. The number of hydrogen-bond acceptors (Lipinski definition) is 2. The third-order valence-electron chi connectivity index (χ3n) is 1.04. The zero-order valence-corrected chi connectivity index (χ0v) is 8.26. The van der Waals surface area contributed by atoms with Crippen LogP contribution in [0.2, 0.25) is 0 Å². The van der Waals surface area contributed by atoms with E-state index in [4.69, 9.17) is 4.74 Å². The number of carbonyl (C=O) groups is 1. The molecule has 0 aliphatic rings. The summed E-state index contributed by atoms with van der Waals surface area (Å²) in [6.07, 6.45) is 1.01. The molecule has 0 amide bonds. The molecule has 0 aromatic rings. The molecule has 1 radical (unpaired) electrons. The zero-order chi connectivity index (χ0) is 7.98. The lowest BCUT2D eigenvalue weighted by molar-refractivity contribution is -0.141. The highest BCUT2D eigenvalue weighted by atomic mass is 127. The fraction of sp³-hybridized carbons (Fsp3) is 0.714. The Morgan fingerprint density at radius 3 is 2.80 bits per heavy atom. The molecule has 0 fully saturated rings. The quantitative estimate of drug-likeness (QED) is 0.435. The zero-order valence-electron chi connectivity index (χ0n) is 6.10. The van der Waals surface area contributed by atoms with Crippen molar-refractivity contribution in [2.24, 2.45) is 5.92 Å². The molecule has 0 heterocycles. The van der Waals surface area contributed by atoms with Crippen LogP contribution in [0, 0.1) is 12.8 Å². The monoisotopic (exact) mass is 255 g/mol. The summed E-state index contributed by atoms with van der Waals surface area (Å²) in [6.45, 7) is 5.69. The molecule has 0 bridgehead atoms. The van der Waals surface area contributed by atoms with Crippen molar-refractivity contribution in [1.29, 1.82) is 0 Å². The van der Waals surface area contributed by atoms with E-state index >= 15 is 0 Å². The molecule has 0 N–H and O–H groups in total. The molecular weight excluding hydrogens is 243 g/mol. The topological polar surface area (TPSA) is 26.3 Å². The van der Waals surface area contributed by atoms with Gasteiger partial charge in [0.15, 0.2) is 0 Å². The van der Waals surface area contributed by atoms with Crippen LogP contribution in [0.5, 0.6) is 0 Å². The number of esters is 1. The van der Waals surface area contributed by atoms with Crippen molar-refractivity contribution in [2.75, 3.05) is 11.0 Å². The van der Waals surface area contributed by atoms with Crippen molar-refractivity contribution in [2.45, 2.75) is 13.3 Å². The van der Waals surface area contributed by atoms with Crippen molar-refractivity contribution in [3.63, 3.8) is 0 Å². The standard InChI is InChI=1S/C7H12IO2/c1-6(3-4-8)5-10-7(2)9/h6H,1,3-5H2,2H3. The van der Waals surface area contributed by atoms with E-state index in [9.17, 15) is 4.79 Å². The van der Waals surface area contributed by atoms with Gasteiger partial charge in [-0.15, -0.1) is 0 Å². The molecule has 0 rings (SSSR count). The van der Waals surface area contributed by atoms with Gasteiger partial charge in [0.25, 0.3) is 0 Å². The maximum absolute atomic E-state index is 10.3. The van der Waals surface area contributed by atoms with Crippen LogP contribution in [0.25, 0.3) is 0 Å². The molecule has 0 saturated heterocycles. The van der Waals surface area contributed by atoms with Gasteiger partial charge in [0, 0.05) is 6.92 Å². The van der Waals surface area contributed by atoms with Gasteiger partial charge in [0.1, 0.15) is 0 Å². The number of alkyl halides is 1. The predicted octanol–water partition coefficient (Wildman–Crippen LogP) is 1.82. The summed E-state index contributed by atoms with van der Waals surface area (Å²) in [5, 5.41) is 0. The second kappa shape index (κ2) is 5.95. The summed E-state index contributed by atoms with van der Waals surface area (Å²) in [5.74, 6) is 0.0305. The van der Waals surface area contributed by atoms with E-state index in [1.807, 2.05) is 0 Å². The number of carbonyl (C=O) groups excluding carboxylic acids is 1. The normalized spacial score (nSPS) is 12.7. The average molecular weight is 255 g/mol. The highest BCUT2D eigenvalue weighted by Gasteiger charge is 2.02. The van der Waals surface area contributed by atoms with Crippen LogP contribution in [0.4, 0.5) is 0 Å². The lowest BCUT2D eigenvalue weighted by atomic mass is 10.1. The number of halogens is 1. The Balaban J connectivity index is 3.21. The van der Waals surface area contributed by atoms with Crippen LogP contribution in [-0.2, 0) is 9.53 Å². The summed E-state index contributed by atoms with van der Waals surface area (Å²) in [5.41, 5.74) is 0. The maximum Gasteiger partial charge on any atom is 0.302 e. The van der Waals surface area contributed by atoms with E-state index in [1.165, 1.54) is 6.92 Å². The van der Waals surface area contributed by atoms with E-state index in [0.717, 1.165) is 10.8 Å². The Morgan fingerprint density at radius 2 is 2.40 bits per heavy atom. The summed E-state index contributed by atoms with van der Waals surface area (Å²) in [6, 6.07) is 0. The van der Waals surface area contributed by atoms with Crippen molar-refractivity contribution in [3.05, 3.63) is 6.92 Å². The van der Waals surface area contributed by atoms with Gasteiger partial charge >= 0.3 is 5.97 Å². The van der Waals surface area contributed by atoms with Crippen LogP contribution in [0.15, 0.2) is 0 Å². The highest BCUT2D eigenvalue weighted by molar-refractivity contribution is 14.1.